The number of carboxylic acids is 1. The molecule has 0 fully saturated rings. The molecule has 0 aliphatic heterocycles. The number of benzene rings is 1. The fraction of sp³-hybridized carbons (Fsp3) is 0.333. The molecule has 0 atom stereocenters. The molecule has 0 radical (unpaired) electrons. The average Bonchev–Trinajstić information content (AvgIpc) is 2.43. The van der Waals surface area contributed by atoms with Crippen molar-refractivity contribution in [2.45, 2.75) is 19.8 Å². The Morgan fingerprint density at radius 1 is 1.40 bits per heavy atom. The molecule has 1 aromatic rings. The topological polar surface area (TPSA) is 63.6 Å². The number of alkyl halides is 1. The number of aliphatic carboxylic acids is 1. The van der Waals surface area contributed by atoms with Crippen LogP contribution in [0.3, 0.4) is 0 Å². The molecular formula is C15H17BrO4. The van der Waals surface area contributed by atoms with Gasteiger partial charge < -0.3 is 9.84 Å². The van der Waals surface area contributed by atoms with Crippen LogP contribution in [-0.4, -0.2) is 29.0 Å². The van der Waals surface area contributed by atoms with Gasteiger partial charge in [-0.05, 0) is 43.0 Å². The standard InChI is InChI=1S/C15H17BrO4/c1-2-20-15(19)13-7-5-11(6-8-14(17)18)10-12(13)4-3-9-16/h5-8,10H,2-4,9H2,1H3,(H,17,18)/b8-6+. The van der Waals surface area contributed by atoms with Crippen molar-refractivity contribution in [3.05, 3.63) is 41.0 Å². The fourth-order valence-electron chi connectivity index (χ4n) is 1.76. The molecule has 0 saturated carbocycles. The highest BCUT2D eigenvalue weighted by molar-refractivity contribution is 9.09. The Morgan fingerprint density at radius 3 is 2.75 bits per heavy atom. The first-order valence-corrected chi connectivity index (χ1v) is 7.47. The molecule has 5 heteroatoms. The Labute approximate surface area is 126 Å². The second-order valence-corrected chi connectivity index (χ2v) is 4.89. The highest BCUT2D eigenvalue weighted by Crippen LogP contribution is 2.17. The highest BCUT2D eigenvalue weighted by atomic mass is 79.9. The number of rotatable bonds is 7. The van der Waals surface area contributed by atoms with Crippen LogP contribution >= 0.6 is 15.9 Å². The highest BCUT2D eigenvalue weighted by Gasteiger charge is 2.12. The van der Waals surface area contributed by atoms with Gasteiger partial charge >= 0.3 is 11.9 Å². The molecule has 0 unspecified atom stereocenters. The molecule has 0 aliphatic carbocycles. The average molecular weight is 341 g/mol. The predicted octanol–water partition coefficient (Wildman–Crippen LogP) is 3.29. The Hall–Kier alpha value is -1.62. The Kier molecular flexibility index (Phi) is 7.01. The van der Waals surface area contributed by atoms with Crippen LogP contribution in [0.2, 0.25) is 0 Å². The van der Waals surface area contributed by atoms with Crippen molar-refractivity contribution in [2.24, 2.45) is 0 Å². The maximum absolute atomic E-state index is 11.9. The first-order valence-electron chi connectivity index (χ1n) is 6.35. The van der Waals surface area contributed by atoms with Gasteiger partial charge in [0, 0.05) is 11.4 Å². The Morgan fingerprint density at radius 2 is 2.15 bits per heavy atom. The van der Waals surface area contributed by atoms with E-state index in [0.29, 0.717) is 12.2 Å². The molecule has 1 aromatic carbocycles. The molecule has 1 N–H and O–H groups in total. The van der Waals surface area contributed by atoms with Crippen LogP contribution in [0.5, 0.6) is 0 Å². The summed E-state index contributed by atoms with van der Waals surface area (Å²) in [4.78, 5) is 22.4. The van der Waals surface area contributed by atoms with Crippen LogP contribution in [-0.2, 0) is 16.0 Å². The third-order valence-corrected chi connectivity index (χ3v) is 3.18. The summed E-state index contributed by atoms with van der Waals surface area (Å²) in [6.45, 7) is 2.09. The van der Waals surface area contributed by atoms with E-state index in [2.05, 4.69) is 15.9 Å². The van der Waals surface area contributed by atoms with Gasteiger partial charge in [0.1, 0.15) is 0 Å². The van der Waals surface area contributed by atoms with E-state index in [1.165, 1.54) is 6.08 Å². The van der Waals surface area contributed by atoms with Gasteiger partial charge in [0.2, 0.25) is 0 Å². The molecule has 4 nitrogen and oxygen atoms in total. The molecule has 0 saturated heterocycles. The van der Waals surface area contributed by atoms with E-state index in [1.807, 2.05) is 6.07 Å². The summed E-state index contributed by atoms with van der Waals surface area (Å²) in [5.41, 5.74) is 2.17. The van der Waals surface area contributed by atoms with Crippen molar-refractivity contribution in [1.82, 2.24) is 0 Å². The van der Waals surface area contributed by atoms with Gasteiger partial charge in [0.15, 0.2) is 0 Å². The number of aryl methyl sites for hydroxylation is 1. The predicted molar refractivity (Wildman–Crippen MR) is 81.2 cm³/mol. The molecule has 0 heterocycles. The maximum atomic E-state index is 11.9. The van der Waals surface area contributed by atoms with Gasteiger partial charge in [0.05, 0.1) is 12.2 Å². The first-order chi connectivity index (χ1) is 9.58. The van der Waals surface area contributed by atoms with E-state index in [1.54, 1.807) is 19.1 Å². The minimum absolute atomic E-state index is 0.331. The maximum Gasteiger partial charge on any atom is 0.338 e. The van der Waals surface area contributed by atoms with Gasteiger partial charge in [-0.1, -0.05) is 28.1 Å². The van der Waals surface area contributed by atoms with Gasteiger partial charge in [-0.25, -0.2) is 9.59 Å². The van der Waals surface area contributed by atoms with E-state index in [4.69, 9.17) is 9.84 Å². The van der Waals surface area contributed by atoms with Crippen molar-refractivity contribution < 1.29 is 19.4 Å². The van der Waals surface area contributed by atoms with Crippen LogP contribution in [0.1, 0.15) is 34.8 Å². The summed E-state index contributed by atoms with van der Waals surface area (Å²) < 4.78 is 5.02. The van der Waals surface area contributed by atoms with Crippen molar-refractivity contribution in [2.75, 3.05) is 11.9 Å². The van der Waals surface area contributed by atoms with E-state index in [9.17, 15) is 9.59 Å². The Bertz CT molecular complexity index is 509. The van der Waals surface area contributed by atoms with Crippen LogP contribution in [0, 0.1) is 0 Å². The van der Waals surface area contributed by atoms with Crippen LogP contribution in [0.15, 0.2) is 24.3 Å². The number of hydrogen-bond acceptors (Lipinski definition) is 3. The number of halogens is 1. The number of carbonyl (C=O) groups excluding carboxylic acids is 1. The summed E-state index contributed by atoms with van der Waals surface area (Å²) in [5.74, 6) is -1.34. The lowest BCUT2D eigenvalue weighted by Crippen LogP contribution is -2.08. The van der Waals surface area contributed by atoms with Crippen LogP contribution < -0.4 is 0 Å². The largest absolute Gasteiger partial charge is 0.478 e. The zero-order chi connectivity index (χ0) is 15.0. The van der Waals surface area contributed by atoms with Crippen molar-refractivity contribution >= 4 is 33.9 Å². The lowest BCUT2D eigenvalue weighted by atomic mass is 10.00. The minimum Gasteiger partial charge on any atom is -0.478 e. The molecule has 0 amide bonds. The van der Waals surface area contributed by atoms with E-state index in [0.717, 1.165) is 35.4 Å². The summed E-state index contributed by atoms with van der Waals surface area (Å²) in [6, 6.07) is 5.22. The fourth-order valence-corrected chi connectivity index (χ4v) is 2.04. The van der Waals surface area contributed by atoms with E-state index < -0.39 is 5.97 Å². The number of carboxylic acid groups (broad SMARTS) is 1. The molecule has 0 spiro atoms. The zero-order valence-corrected chi connectivity index (χ0v) is 12.9. The van der Waals surface area contributed by atoms with Crippen molar-refractivity contribution in [1.29, 1.82) is 0 Å². The zero-order valence-electron chi connectivity index (χ0n) is 11.3. The summed E-state index contributed by atoms with van der Waals surface area (Å²) in [6.07, 6.45) is 4.20. The quantitative estimate of drug-likeness (QED) is 0.470. The molecule has 20 heavy (non-hydrogen) atoms. The van der Waals surface area contributed by atoms with Gasteiger partial charge in [-0.15, -0.1) is 0 Å². The summed E-state index contributed by atoms with van der Waals surface area (Å²) >= 11 is 3.36. The molecule has 0 aromatic heterocycles. The lowest BCUT2D eigenvalue weighted by Gasteiger charge is -2.09. The number of hydrogen-bond donors (Lipinski definition) is 1. The third-order valence-electron chi connectivity index (χ3n) is 2.62. The Balaban J connectivity index is 3.05. The number of ether oxygens (including phenoxy) is 1. The monoisotopic (exact) mass is 340 g/mol. The summed E-state index contributed by atoms with van der Waals surface area (Å²) in [7, 11) is 0. The van der Waals surface area contributed by atoms with Crippen molar-refractivity contribution in [3.63, 3.8) is 0 Å². The van der Waals surface area contributed by atoms with E-state index >= 15 is 0 Å². The molecule has 1 rings (SSSR count). The molecular weight excluding hydrogens is 324 g/mol. The molecule has 0 bridgehead atoms. The second kappa shape index (κ2) is 8.53. The smallest absolute Gasteiger partial charge is 0.338 e. The lowest BCUT2D eigenvalue weighted by molar-refractivity contribution is -0.131. The minimum atomic E-state index is -0.999. The van der Waals surface area contributed by atoms with E-state index in [-0.39, 0.29) is 5.97 Å². The van der Waals surface area contributed by atoms with Gasteiger partial charge in [0.25, 0.3) is 0 Å². The normalized spacial score (nSPS) is 10.7. The number of esters is 1. The van der Waals surface area contributed by atoms with Crippen molar-refractivity contribution in [3.8, 4) is 0 Å². The SMILES string of the molecule is CCOC(=O)c1ccc(/C=C/C(=O)O)cc1CCCBr. The molecule has 108 valence electrons. The van der Waals surface area contributed by atoms with Crippen LogP contribution in [0.4, 0.5) is 0 Å². The van der Waals surface area contributed by atoms with Crippen LogP contribution in [0.25, 0.3) is 6.08 Å². The third kappa shape index (κ3) is 5.17. The molecule has 0 aliphatic rings. The van der Waals surface area contributed by atoms with Gasteiger partial charge in [-0.3, -0.25) is 0 Å². The number of carbonyl (C=O) groups is 2. The summed E-state index contributed by atoms with van der Waals surface area (Å²) in [5, 5.41) is 9.47. The second-order valence-electron chi connectivity index (χ2n) is 4.10. The first kappa shape index (κ1) is 16.4. The van der Waals surface area contributed by atoms with Gasteiger partial charge in [-0.2, -0.15) is 0 Å².